The number of nitrogens with zero attached hydrogens (tertiary/aromatic N) is 3. The van der Waals surface area contributed by atoms with Gasteiger partial charge in [-0.25, -0.2) is 0 Å². The third-order valence-electron chi connectivity index (χ3n) is 5.09. The van der Waals surface area contributed by atoms with E-state index < -0.39 is 0 Å². The molecule has 0 amide bonds. The summed E-state index contributed by atoms with van der Waals surface area (Å²) in [5, 5.41) is 7.85. The zero-order valence-corrected chi connectivity index (χ0v) is 11.8. The van der Waals surface area contributed by atoms with Crippen LogP contribution in [0.15, 0.2) is 12.4 Å². The molecule has 2 aliphatic heterocycles. The first-order valence-corrected chi connectivity index (χ1v) is 6.96. The van der Waals surface area contributed by atoms with Crippen molar-refractivity contribution >= 4 is 0 Å². The number of hydrogen-bond donors (Lipinski definition) is 1. The van der Waals surface area contributed by atoms with Gasteiger partial charge in [0.25, 0.3) is 0 Å². The molecule has 0 aromatic carbocycles. The minimum atomic E-state index is 0.281. The SMILES string of the molecule is CC(c1cnn(C)c1)N1CC2CNCC2C1(C)C. The fourth-order valence-electron chi connectivity index (χ4n) is 3.95. The second-order valence-corrected chi connectivity index (χ2v) is 6.45. The Morgan fingerprint density at radius 3 is 2.83 bits per heavy atom. The molecular weight excluding hydrogens is 224 g/mol. The van der Waals surface area contributed by atoms with Gasteiger partial charge in [-0.1, -0.05) is 0 Å². The van der Waals surface area contributed by atoms with Crippen LogP contribution in [0.2, 0.25) is 0 Å². The topological polar surface area (TPSA) is 33.1 Å². The highest BCUT2D eigenvalue weighted by Crippen LogP contribution is 2.44. The number of aryl methyl sites for hydroxylation is 1. The van der Waals surface area contributed by atoms with Crippen LogP contribution in [0.3, 0.4) is 0 Å². The van der Waals surface area contributed by atoms with Crippen molar-refractivity contribution in [2.45, 2.75) is 32.4 Å². The Labute approximate surface area is 109 Å². The summed E-state index contributed by atoms with van der Waals surface area (Å²) >= 11 is 0. The highest BCUT2D eigenvalue weighted by atomic mass is 15.3. The number of fused-ring (bicyclic) bond motifs is 1. The van der Waals surface area contributed by atoms with Crippen molar-refractivity contribution in [2.24, 2.45) is 18.9 Å². The number of hydrogen-bond acceptors (Lipinski definition) is 3. The van der Waals surface area contributed by atoms with E-state index in [1.54, 1.807) is 0 Å². The molecule has 1 aromatic heterocycles. The molecule has 0 radical (unpaired) electrons. The fourth-order valence-corrected chi connectivity index (χ4v) is 3.95. The second kappa shape index (κ2) is 4.07. The summed E-state index contributed by atoms with van der Waals surface area (Å²) in [7, 11) is 1.99. The van der Waals surface area contributed by atoms with Crippen molar-refractivity contribution in [1.29, 1.82) is 0 Å². The van der Waals surface area contributed by atoms with Crippen LogP contribution in [-0.4, -0.2) is 39.9 Å². The Bertz CT molecular complexity index is 437. The predicted molar refractivity (Wildman–Crippen MR) is 72.3 cm³/mol. The summed E-state index contributed by atoms with van der Waals surface area (Å²) in [6.07, 6.45) is 4.15. The monoisotopic (exact) mass is 248 g/mol. The highest BCUT2D eigenvalue weighted by Gasteiger charge is 2.50. The Hall–Kier alpha value is -0.870. The Balaban J connectivity index is 1.84. The van der Waals surface area contributed by atoms with E-state index in [2.05, 4.69) is 42.3 Å². The third kappa shape index (κ3) is 1.70. The van der Waals surface area contributed by atoms with Crippen LogP contribution in [0.4, 0.5) is 0 Å². The lowest BCUT2D eigenvalue weighted by Crippen LogP contribution is -2.45. The lowest BCUT2D eigenvalue weighted by molar-refractivity contribution is 0.0970. The van der Waals surface area contributed by atoms with Crippen LogP contribution < -0.4 is 5.32 Å². The molecule has 1 N–H and O–H groups in total. The van der Waals surface area contributed by atoms with Gasteiger partial charge in [0.15, 0.2) is 0 Å². The van der Waals surface area contributed by atoms with Crippen LogP contribution in [0.1, 0.15) is 32.4 Å². The maximum absolute atomic E-state index is 4.31. The van der Waals surface area contributed by atoms with Crippen molar-refractivity contribution in [1.82, 2.24) is 20.0 Å². The van der Waals surface area contributed by atoms with Gasteiger partial charge in [0.1, 0.15) is 0 Å². The second-order valence-electron chi connectivity index (χ2n) is 6.45. The van der Waals surface area contributed by atoms with Gasteiger partial charge < -0.3 is 5.32 Å². The lowest BCUT2D eigenvalue weighted by Gasteiger charge is -2.39. The average Bonchev–Trinajstić information content (AvgIpc) is 2.96. The first-order chi connectivity index (χ1) is 8.50. The summed E-state index contributed by atoms with van der Waals surface area (Å²) in [6, 6.07) is 0.458. The molecule has 3 rings (SSSR count). The van der Waals surface area contributed by atoms with Gasteiger partial charge in [0.05, 0.1) is 6.20 Å². The van der Waals surface area contributed by atoms with Crippen molar-refractivity contribution in [3.8, 4) is 0 Å². The molecule has 1 aromatic rings. The summed E-state index contributed by atoms with van der Waals surface area (Å²) in [4.78, 5) is 2.67. The number of aromatic nitrogens is 2. The van der Waals surface area contributed by atoms with Crippen LogP contribution in [0.25, 0.3) is 0 Å². The number of rotatable bonds is 2. The maximum Gasteiger partial charge on any atom is 0.0537 e. The smallest absolute Gasteiger partial charge is 0.0537 e. The van der Waals surface area contributed by atoms with E-state index in [0.717, 1.165) is 11.8 Å². The minimum absolute atomic E-state index is 0.281. The molecule has 0 saturated carbocycles. The van der Waals surface area contributed by atoms with Crippen molar-refractivity contribution in [3.05, 3.63) is 18.0 Å². The van der Waals surface area contributed by atoms with Crippen molar-refractivity contribution < 1.29 is 0 Å². The average molecular weight is 248 g/mol. The zero-order valence-electron chi connectivity index (χ0n) is 11.8. The van der Waals surface area contributed by atoms with E-state index in [-0.39, 0.29) is 5.54 Å². The summed E-state index contributed by atoms with van der Waals surface area (Å²) < 4.78 is 1.90. The Morgan fingerprint density at radius 2 is 2.22 bits per heavy atom. The quantitative estimate of drug-likeness (QED) is 0.859. The molecule has 3 heterocycles. The highest BCUT2D eigenvalue weighted by molar-refractivity contribution is 5.14. The summed E-state index contributed by atoms with van der Waals surface area (Å²) in [5.41, 5.74) is 1.61. The first-order valence-electron chi connectivity index (χ1n) is 6.96. The Morgan fingerprint density at radius 1 is 1.44 bits per heavy atom. The molecular formula is C14H24N4. The number of nitrogens with one attached hydrogen (secondary N) is 1. The third-order valence-corrected chi connectivity index (χ3v) is 5.09. The molecule has 2 saturated heterocycles. The minimum Gasteiger partial charge on any atom is -0.316 e. The van der Waals surface area contributed by atoms with E-state index in [1.165, 1.54) is 25.2 Å². The van der Waals surface area contributed by atoms with E-state index in [9.17, 15) is 0 Å². The summed E-state index contributed by atoms with van der Waals surface area (Å²) in [6.45, 7) is 10.7. The van der Waals surface area contributed by atoms with Crippen LogP contribution >= 0.6 is 0 Å². The van der Waals surface area contributed by atoms with Gasteiger partial charge in [-0.2, -0.15) is 5.10 Å². The number of likely N-dealkylation sites (tertiary alicyclic amines) is 1. The molecule has 3 atom stereocenters. The first kappa shape index (κ1) is 12.2. The van der Waals surface area contributed by atoms with Crippen LogP contribution in [0.5, 0.6) is 0 Å². The normalized spacial score (nSPS) is 32.7. The molecule has 100 valence electrons. The van der Waals surface area contributed by atoms with E-state index in [1.807, 2.05) is 17.9 Å². The van der Waals surface area contributed by atoms with Gasteiger partial charge in [0.2, 0.25) is 0 Å². The molecule has 2 fully saturated rings. The van der Waals surface area contributed by atoms with Gasteiger partial charge in [-0.15, -0.1) is 0 Å². The van der Waals surface area contributed by atoms with Crippen molar-refractivity contribution in [3.63, 3.8) is 0 Å². The fraction of sp³-hybridized carbons (Fsp3) is 0.786. The molecule has 0 spiro atoms. The molecule has 2 aliphatic rings. The largest absolute Gasteiger partial charge is 0.316 e. The molecule has 4 nitrogen and oxygen atoms in total. The van der Waals surface area contributed by atoms with Gasteiger partial charge in [-0.05, 0) is 39.2 Å². The van der Waals surface area contributed by atoms with Crippen LogP contribution in [0, 0.1) is 11.8 Å². The van der Waals surface area contributed by atoms with Crippen molar-refractivity contribution in [2.75, 3.05) is 19.6 Å². The lowest BCUT2D eigenvalue weighted by atomic mass is 9.84. The molecule has 0 aliphatic carbocycles. The molecule has 4 heteroatoms. The van der Waals surface area contributed by atoms with E-state index in [4.69, 9.17) is 0 Å². The van der Waals surface area contributed by atoms with Gasteiger partial charge >= 0.3 is 0 Å². The molecule has 3 unspecified atom stereocenters. The van der Waals surface area contributed by atoms with Gasteiger partial charge in [-0.3, -0.25) is 9.58 Å². The van der Waals surface area contributed by atoms with E-state index >= 15 is 0 Å². The Kier molecular flexibility index (Phi) is 2.75. The zero-order chi connectivity index (χ0) is 12.9. The van der Waals surface area contributed by atoms with Gasteiger partial charge in [0, 0.05) is 43.5 Å². The molecule has 0 bridgehead atoms. The molecule has 18 heavy (non-hydrogen) atoms. The predicted octanol–water partition coefficient (Wildman–Crippen LogP) is 1.41. The maximum atomic E-state index is 4.31. The van der Waals surface area contributed by atoms with E-state index in [0.29, 0.717) is 6.04 Å². The standard InChI is InChI=1S/C14H24N4/c1-10(11-6-16-17(4)8-11)18-9-12-5-15-7-13(12)14(18,2)3/h6,8,10,12-13,15H,5,7,9H2,1-4H3. The van der Waals surface area contributed by atoms with Crippen LogP contribution in [-0.2, 0) is 7.05 Å². The summed E-state index contributed by atoms with van der Waals surface area (Å²) in [5.74, 6) is 1.61.